The Labute approximate surface area is 180 Å². The highest BCUT2D eigenvalue weighted by Crippen LogP contribution is 2.39. The average molecular weight is 457 g/mol. The summed E-state index contributed by atoms with van der Waals surface area (Å²) >= 11 is 18.2. The van der Waals surface area contributed by atoms with Gasteiger partial charge in [0.25, 0.3) is 11.8 Å². The van der Waals surface area contributed by atoms with Gasteiger partial charge in [-0.15, -0.1) is 0 Å². The van der Waals surface area contributed by atoms with Gasteiger partial charge in [0.05, 0.1) is 39.0 Å². The molecule has 0 spiro atoms. The summed E-state index contributed by atoms with van der Waals surface area (Å²) in [6.45, 7) is 0.850. The Morgan fingerprint density at radius 3 is 1.97 bits per heavy atom. The van der Waals surface area contributed by atoms with Gasteiger partial charge in [-0.25, -0.2) is 9.69 Å². The number of nitrogens with zero attached hydrogens (tertiary/aromatic N) is 1. The van der Waals surface area contributed by atoms with E-state index in [4.69, 9.17) is 44.3 Å². The van der Waals surface area contributed by atoms with E-state index in [0.29, 0.717) is 0 Å². The van der Waals surface area contributed by atoms with Crippen LogP contribution < -0.4 is 9.64 Å². The number of esters is 1. The molecule has 2 amide bonds. The third-order valence-corrected chi connectivity index (χ3v) is 5.09. The number of fused-ring (bicyclic) bond motifs is 1. The molecule has 0 unspecified atom stereocenters. The van der Waals surface area contributed by atoms with E-state index < -0.39 is 24.4 Å². The number of amides is 2. The number of ether oxygens (including phenoxy) is 2. The van der Waals surface area contributed by atoms with Gasteiger partial charge < -0.3 is 9.47 Å². The van der Waals surface area contributed by atoms with Crippen LogP contribution >= 0.6 is 34.8 Å². The van der Waals surface area contributed by atoms with Gasteiger partial charge in [0.1, 0.15) is 17.9 Å². The summed E-state index contributed by atoms with van der Waals surface area (Å²) in [6.07, 6.45) is 0. The maximum Gasteiger partial charge on any atom is 0.342 e. The summed E-state index contributed by atoms with van der Waals surface area (Å²) in [7, 11) is 1.29. The van der Waals surface area contributed by atoms with E-state index in [1.807, 2.05) is 0 Å². The van der Waals surface area contributed by atoms with Crippen LogP contribution in [0.5, 0.6) is 5.75 Å². The third kappa shape index (κ3) is 3.81. The minimum Gasteiger partial charge on any atom is -0.496 e. The van der Waals surface area contributed by atoms with Gasteiger partial charge in [-0.1, -0.05) is 34.8 Å². The van der Waals surface area contributed by atoms with Gasteiger partial charge in [-0.2, -0.15) is 0 Å². The monoisotopic (exact) mass is 455 g/mol. The number of Topliss-reactive ketones (excluding diaryl/α,β-unsaturated/α-hetero) is 1. The van der Waals surface area contributed by atoms with Crippen LogP contribution in [0.2, 0.25) is 15.1 Å². The number of methoxy groups -OCH3 is 1. The standard InChI is InChI=1S/C19H12Cl3NO6/c1-8(24)7-29-19(27)11-5-14(22)15(6-16(11)28-2)23-17(25)9-3-12(20)13(21)4-10(9)18(23)26/h3-6H,7H2,1-2H3. The van der Waals surface area contributed by atoms with Crippen molar-refractivity contribution in [3.63, 3.8) is 0 Å². The van der Waals surface area contributed by atoms with Crippen molar-refractivity contribution in [1.82, 2.24) is 0 Å². The molecule has 0 saturated carbocycles. The summed E-state index contributed by atoms with van der Waals surface area (Å²) in [5, 5.41) is 0.175. The number of imide groups is 1. The third-order valence-electron chi connectivity index (χ3n) is 4.06. The normalized spacial score (nSPS) is 12.8. The summed E-state index contributed by atoms with van der Waals surface area (Å²) in [6, 6.07) is 5.06. The van der Waals surface area contributed by atoms with E-state index in [9.17, 15) is 19.2 Å². The van der Waals surface area contributed by atoms with Crippen molar-refractivity contribution in [3.8, 4) is 5.75 Å². The largest absolute Gasteiger partial charge is 0.496 e. The summed E-state index contributed by atoms with van der Waals surface area (Å²) in [4.78, 5) is 49.7. The second-order valence-electron chi connectivity index (χ2n) is 6.04. The van der Waals surface area contributed by atoms with E-state index in [1.54, 1.807) is 0 Å². The van der Waals surface area contributed by atoms with Crippen LogP contribution in [0.1, 0.15) is 38.0 Å². The molecular formula is C19H12Cl3NO6. The van der Waals surface area contributed by atoms with E-state index in [1.165, 1.54) is 38.3 Å². The molecule has 1 aliphatic rings. The summed E-state index contributed by atoms with van der Waals surface area (Å²) in [5.41, 5.74) is 0.0871. The van der Waals surface area contributed by atoms with Crippen LogP contribution in [0.25, 0.3) is 0 Å². The lowest BCUT2D eigenvalue weighted by molar-refractivity contribution is -0.120. The predicted octanol–water partition coefficient (Wildman–Crippen LogP) is 4.20. The molecule has 10 heteroatoms. The van der Waals surface area contributed by atoms with Gasteiger partial charge in [0, 0.05) is 6.07 Å². The lowest BCUT2D eigenvalue weighted by atomic mass is 10.1. The molecule has 150 valence electrons. The van der Waals surface area contributed by atoms with Gasteiger partial charge in [-0.3, -0.25) is 14.4 Å². The van der Waals surface area contributed by atoms with Crippen molar-refractivity contribution in [2.75, 3.05) is 18.6 Å². The van der Waals surface area contributed by atoms with E-state index in [0.717, 1.165) is 4.90 Å². The molecule has 0 bridgehead atoms. The van der Waals surface area contributed by atoms with Crippen LogP contribution in [0, 0.1) is 0 Å². The molecule has 1 aliphatic heterocycles. The zero-order valence-corrected chi connectivity index (χ0v) is 17.3. The molecule has 0 saturated heterocycles. The number of carbonyl (C=O) groups excluding carboxylic acids is 4. The van der Waals surface area contributed by atoms with Crippen LogP contribution in [0.15, 0.2) is 24.3 Å². The van der Waals surface area contributed by atoms with E-state index in [-0.39, 0.29) is 49.0 Å². The first-order valence-corrected chi connectivity index (χ1v) is 9.21. The average Bonchev–Trinajstić information content (AvgIpc) is 2.90. The number of ketones is 1. The maximum atomic E-state index is 12.8. The Kier molecular flexibility index (Phi) is 5.84. The quantitative estimate of drug-likeness (QED) is 0.495. The highest BCUT2D eigenvalue weighted by Gasteiger charge is 2.39. The Morgan fingerprint density at radius 1 is 0.931 bits per heavy atom. The number of hydrogen-bond acceptors (Lipinski definition) is 6. The predicted molar refractivity (Wildman–Crippen MR) is 107 cm³/mol. The number of hydrogen-bond donors (Lipinski definition) is 0. The molecule has 2 aromatic rings. The molecule has 0 aromatic heterocycles. The van der Waals surface area contributed by atoms with Crippen molar-refractivity contribution in [3.05, 3.63) is 56.0 Å². The van der Waals surface area contributed by atoms with Crippen molar-refractivity contribution >= 4 is 64.1 Å². The van der Waals surface area contributed by atoms with Gasteiger partial charge in [0.15, 0.2) is 5.78 Å². The van der Waals surface area contributed by atoms with E-state index >= 15 is 0 Å². The maximum absolute atomic E-state index is 12.8. The molecule has 0 atom stereocenters. The molecule has 0 radical (unpaired) electrons. The Bertz CT molecular complexity index is 1040. The van der Waals surface area contributed by atoms with Crippen molar-refractivity contribution in [2.45, 2.75) is 6.92 Å². The van der Waals surface area contributed by atoms with Crippen LogP contribution in [0.4, 0.5) is 5.69 Å². The summed E-state index contributed by atoms with van der Waals surface area (Å²) in [5.74, 6) is -2.49. The Morgan fingerprint density at radius 2 is 1.48 bits per heavy atom. The lowest BCUT2D eigenvalue weighted by Crippen LogP contribution is -2.29. The molecule has 0 aliphatic carbocycles. The molecule has 0 fully saturated rings. The smallest absolute Gasteiger partial charge is 0.342 e. The van der Waals surface area contributed by atoms with Crippen molar-refractivity contribution < 1.29 is 28.7 Å². The molecule has 7 nitrogen and oxygen atoms in total. The zero-order valence-electron chi connectivity index (χ0n) is 15.0. The van der Waals surface area contributed by atoms with Crippen molar-refractivity contribution in [2.24, 2.45) is 0 Å². The zero-order chi connectivity index (χ0) is 21.5. The number of benzene rings is 2. The molecule has 2 aromatic carbocycles. The summed E-state index contributed by atoms with van der Waals surface area (Å²) < 4.78 is 10.0. The van der Waals surface area contributed by atoms with Crippen LogP contribution in [-0.4, -0.2) is 37.3 Å². The fourth-order valence-corrected chi connectivity index (χ4v) is 3.32. The molecule has 29 heavy (non-hydrogen) atoms. The SMILES string of the molecule is COc1cc(N2C(=O)c3cc(Cl)c(Cl)cc3C2=O)c(Cl)cc1C(=O)OCC(C)=O. The second kappa shape index (κ2) is 8.02. The molecule has 0 N–H and O–H groups in total. The number of rotatable bonds is 5. The number of halogens is 3. The van der Waals surface area contributed by atoms with Crippen LogP contribution in [0.3, 0.4) is 0 Å². The number of carbonyl (C=O) groups is 4. The van der Waals surface area contributed by atoms with Gasteiger partial charge in [-0.05, 0) is 25.1 Å². The molecular weight excluding hydrogens is 445 g/mol. The first-order valence-electron chi connectivity index (χ1n) is 8.07. The Balaban J connectivity index is 2.04. The van der Waals surface area contributed by atoms with Gasteiger partial charge >= 0.3 is 5.97 Å². The molecule has 3 rings (SSSR count). The highest BCUT2D eigenvalue weighted by atomic mass is 35.5. The van der Waals surface area contributed by atoms with Crippen molar-refractivity contribution in [1.29, 1.82) is 0 Å². The van der Waals surface area contributed by atoms with Gasteiger partial charge in [0.2, 0.25) is 0 Å². The fraction of sp³-hybridized carbons (Fsp3) is 0.158. The van der Waals surface area contributed by atoms with Crippen LogP contribution in [-0.2, 0) is 9.53 Å². The highest BCUT2D eigenvalue weighted by molar-refractivity contribution is 6.45. The minimum atomic E-state index is -0.841. The second-order valence-corrected chi connectivity index (χ2v) is 7.26. The lowest BCUT2D eigenvalue weighted by Gasteiger charge is -2.18. The van der Waals surface area contributed by atoms with E-state index in [2.05, 4.69) is 0 Å². The first kappa shape index (κ1) is 21.1. The topological polar surface area (TPSA) is 90.0 Å². The first-order chi connectivity index (χ1) is 13.6. The fourth-order valence-electron chi connectivity index (χ4n) is 2.74. The minimum absolute atomic E-state index is 0.00470. The number of anilines is 1. The Hall–Kier alpha value is -2.61. The molecule has 1 heterocycles.